The van der Waals surface area contributed by atoms with Gasteiger partial charge in [0.05, 0.1) is 23.8 Å². The number of fused-ring (bicyclic) bond motifs is 1. The highest BCUT2D eigenvalue weighted by molar-refractivity contribution is 5.80. The zero-order valence-electron chi connectivity index (χ0n) is 22.0. The summed E-state index contributed by atoms with van der Waals surface area (Å²) >= 11 is 0. The zero-order valence-corrected chi connectivity index (χ0v) is 22.0. The first kappa shape index (κ1) is 26.8. The number of ether oxygens (including phenoxy) is 1. The summed E-state index contributed by atoms with van der Waals surface area (Å²) in [7, 11) is 0. The number of benzene rings is 2. The number of hydrogen-bond donors (Lipinski definition) is 4. The molecule has 204 valence electrons. The minimum atomic E-state index is -1.13. The van der Waals surface area contributed by atoms with Gasteiger partial charge < -0.3 is 30.2 Å². The quantitative estimate of drug-likeness (QED) is 0.220. The van der Waals surface area contributed by atoms with Crippen molar-refractivity contribution in [3.63, 3.8) is 0 Å². The van der Waals surface area contributed by atoms with E-state index in [0.717, 1.165) is 48.5 Å². The standard InChI is InChI=1S/C30H35N5O4/c1-20-24-12-16-35(29(24)34-19-33-20)26-18-25(27(36)28(26)37)30(38)32-14-6-13-31-15-11-21-7-5-10-23(17-21)39-22-8-3-2-4-9-22/h2-5,7-10,12,16-17,19,25-28,31,36-37H,6,11,13-15,18H2,1H3,(H,32,38)/t25-,26+,27+,28-/m0/s1. The molecule has 2 aromatic heterocycles. The SMILES string of the molecule is Cc1ncnc2c1ccn2[C@@H]1C[C@H](C(=O)NCCCNCCc2cccc(Oc3ccccc3)c2)[C@@H](O)[C@H]1O. The second-order valence-corrected chi connectivity index (χ2v) is 10.0. The Bertz CT molecular complexity index is 1390. The molecule has 0 radical (unpaired) electrons. The van der Waals surface area contributed by atoms with E-state index in [2.05, 4.69) is 26.7 Å². The summed E-state index contributed by atoms with van der Waals surface area (Å²) in [5.41, 5.74) is 2.73. The lowest BCUT2D eigenvalue weighted by molar-refractivity contribution is -0.128. The fraction of sp³-hybridized carbons (Fsp3) is 0.367. The summed E-state index contributed by atoms with van der Waals surface area (Å²) in [6, 6.07) is 19.3. The van der Waals surface area contributed by atoms with Crippen molar-refractivity contribution in [1.82, 2.24) is 25.2 Å². The molecule has 1 aliphatic rings. The van der Waals surface area contributed by atoms with Gasteiger partial charge in [-0.1, -0.05) is 30.3 Å². The molecule has 4 aromatic rings. The number of aromatic nitrogens is 3. The molecule has 2 heterocycles. The first-order valence-corrected chi connectivity index (χ1v) is 13.5. The molecular weight excluding hydrogens is 494 g/mol. The monoisotopic (exact) mass is 529 g/mol. The van der Waals surface area contributed by atoms with E-state index in [-0.39, 0.29) is 5.91 Å². The van der Waals surface area contributed by atoms with Crippen LogP contribution in [-0.2, 0) is 11.2 Å². The molecule has 1 fully saturated rings. The Morgan fingerprint density at radius 1 is 1.00 bits per heavy atom. The molecule has 0 saturated heterocycles. The Labute approximate surface area is 227 Å². The van der Waals surface area contributed by atoms with Crippen molar-refractivity contribution < 1.29 is 19.7 Å². The summed E-state index contributed by atoms with van der Waals surface area (Å²) in [4.78, 5) is 21.4. The van der Waals surface area contributed by atoms with E-state index in [1.54, 1.807) is 0 Å². The number of hydrogen-bond acceptors (Lipinski definition) is 7. The number of rotatable bonds is 11. The van der Waals surface area contributed by atoms with E-state index >= 15 is 0 Å². The normalized spacial score (nSPS) is 20.8. The van der Waals surface area contributed by atoms with Crippen molar-refractivity contribution in [2.24, 2.45) is 5.92 Å². The maximum absolute atomic E-state index is 12.8. The fourth-order valence-corrected chi connectivity index (χ4v) is 5.21. The van der Waals surface area contributed by atoms with Gasteiger partial charge in [-0.2, -0.15) is 0 Å². The molecule has 0 unspecified atom stereocenters. The number of carbonyl (C=O) groups is 1. The van der Waals surface area contributed by atoms with Crippen LogP contribution in [0.4, 0.5) is 0 Å². The number of aliphatic hydroxyl groups excluding tert-OH is 2. The van der Waals surface area contributed by atoms with Crippen molar-refractivity contribution in [2.45, 2.75) is 44.4 Å². The van der Waals surface area contributed by atoms with Crippen LogP contribution >= 0.6 is 0 Å². The van der Waals surface area contributed by atoms with Gasteiger partial charge in [0.25, 0.3) is 0 Å². The molecule has 4 atom stereocenters. The minimum Gasteiger partial charge on any atom is -0.457 e. The average Bonchev–Trinajstić information content (AvgIpc) is 3.50. The molecule has 9 heteroatoms. The summed E-state index contributed by atoms with van der Waals surface area (Å²) in [5.74, 6) is 0.717. The summed E-state index contributed by atoms with van der Waals surface area (Å²) < 4.78 is 7.75. The van der Waals surface area contributed by atoms with Gasteiger partial charge in [0.15, 0.2) is 0 Å². The van der Waals surface area contributed by atoms with Gasteiger partial charge in [0.1, 0.15) is 29.6 Å². The molecule has 2 aromatic carbocycles. The highest BCUT2D eigenvalue weighted by Gasteiger charge is 2.46. The second-order valence-electron chi connectivity index (χ2n) is 10.0. The van der Waals surface area contributed by atoms with Gasteiger partial charge in [-0.05, 0) is 75.2 Å². The third kappa shape index (κ3) is 6.27. The van der Waals surface area contributed by atoms with Gasteiger partial charge in [-0.3, -0.25) is 4.79 Å². The van der Waals surface area contributed by atoms with E-state index in [4.69, 9.17) is 4.74 Å². The molecule has 39 heavy (non-hydrogen) atoms. The highest BCUT2D eigenvalue weighted by Crippen LogP contribution is 2.37. The number of para-hydroxylation sites is 1. The van der Waals surface area contributed by atoms with Crippen LogP contribution in [0.1, 0.15) is 30.1 Å². The number of amides is 1. The maximum Gasteiger partial charge on any atom is 0.225 e. The topological polar surface area (TPSA) is 122 Å². The average molecular weight is 530 g/mol. The van der Waals surface area contributed by atoms with E-state index < -0.39 is 24.2 Å². The van der Waals surface area contributed by atoms with Crippen molar-refractivity contribution in [3.05, 3.63) is 84.4 Å². The van der Waals surface area contributed by atoms with Crippen LogP contribution in [-0.4, -0.2) is 62.5 Å². The van der Waals surface area contributed by atoms with Crippen molar-refractivity contribution in [3.8, 4) is 11.5 Å². The van der Waals surface area contributed by atoms with Crippen molar-refractivity contribution in [1.29, 1.82) is 0 Å². The van der Waals surface area contributed by atoms with Crippen LogP contribution in [0.25, 0.3) is 11.0 Å². The number of nitrogens with one attached hydrogen (secondary N) is 2. The number of carbonyl (C=O) groups excluding carboxylic acids is 1. The van der Waals surface area contributed by atoms with E-state index in [1.165, 1.54) is 11.9 Å². The molecule has 1 amide bonds. The van der Waals surface area contributed by atoms with Gasteiger partial charge in [0.2, 0.25) is 5.91 Å². The summed E-state index contributed by atoms with van der Waals surface area (Å²) in [6.07, 6.45) is 3.11. The maximum atomic E-state index is 12.8. The molecule has 1 aliphatic carbocycles. The summed E-state index contributed by atoms with van der Waals surface area (Å²) in [5, 5.41) is 28.6. The largest absolute Gasteiger partial charge is 0.457 e. The van der Waals surface area contributed by atoms with Crippen molar-refractivity contribution in [2.75, 3.05) is 19.6 Å². The predicted octanol–water partition coefficient (Wildman–Crippen LogP) is 3.15. The molecule has 4 N–H and O–H groups in total. The fourth-order valence-electron chi connectivity index (χ4n) is 5.21. The van der Waals surface area contributed by atoms with E-state index in [0.29, 0.717) is 18.6 Å². The lowest BCUT2D eigenvalue weighted by atomic mass is 10.0. The number of aryl methyl sites for hydroxylation is 1. The third-order valence-electron chi connectivity index (χ3n) is 7.35. The van der Waals surface area contributed by atoms with Crippen LogP contribution in [0.5, 0.6) is 11.5 Å². The van der Waals surface area contributed by atoms with Crippen molar-refractivity contribution >= 4 is 16.9 Å². The smallest absolute Gasteiger partial charge is 0.225 e. The van der Waals surface area contributed by atoms with Gasteiger partial charge in [-0.15, -0.1) is 0 Å². The Kier molecular flexibility index (Phi) is 8.51. The molecule has 1 saturated carbocycles. The Morgan fingerprint density at radius 2 is 1.82 bits per heavy atom. The van der Waals surface area contributed by atoms with Gasteiger partial charge >= 0.3 is 0 Å². The van der Waals surface area contributed by atoms with Crippen LogP contribution in [0.2, 0.25) is 0 Å². The highest BCUT2D eigenvalue weighted by atomic mass is 16.5. The molecule has 0 spiro atoms. The molecular formula is C30H35N5O4. The van der Waals surface area contributed by atoms with Gasteiger partial charge in [-0.25, -0.2) is 9.97 Å². The Hall–Kier alpha value is -3.79. The Morgan fingerprint density at radius 3 is 2.67 bits per heavy atom. The molecule has 5 rings (SSSR count). The number of aliphatic hydroxyl groups is 2. The lowest BCUT2D eigenvalue weighted by Crippen LogP contribution is -2.39. The number of nitrogens with zero attached hydrogens (tertiary/aromatic N) is 3. The third-order valence-corrected chi connectivity index (χ3v) is 7.35. The molecule has 0 aliphatic heterocycles. The lowest BCUT2D eigenvalue weighted by Gasteiger charge is -2.18. The minimum absolute atomic E-state index is 0.235. The summed E-state index contributed by atoms with van der Waals surface area (Å²) in [6.45, 7) is 3.97. The predicted molar refractivity (Wildman–Crippen MR) is 149 cm³/mol. The second kappa shape index (κ2) is 12.4. The van der Waals surface area contributed by atoms with E-state index in [1.807, 2.05) is 72.3 Å². The van der Waals surface area contributed by atoms with Crippen LogP contribution in [0, 0.1) is 12.8 Å². The Balaban J connectivity index is 1.03. The zero-order chi connectivity index (χ0) is 27.2. The first-order valence-electron chi connectivity index (χ1n) is 13.5. The van der Waals surface area contributed by atoms with Crippen LogP contribution < -0.4 is 15.4 Å². The van der Waals surface area contributed by atoms with Gasteiger partial charge in [0, 0.05) is 18.1 Å². The van der Waals surface area contributed by atoms with E-state index in [9.17, 15) is 15.0 Å². The molecule has 9 nitrogen and oxygen atoms in total. The van der Waals surface area contributed by atoms with Crippen LogP contribution in [0.15, 0.2) is 73.2 Å². The molecule has 0 bridgehead atoms. The van der Waals surface area contributed by atoms with Crippen LogP contribution in [0.3, 0.4) is 0 Å². The first-order chi connectivity index (χ1) is 19.0.